The third-order valence-electron chi connectivity index (χ3n) is 4.67. The van der Waals surface area contributed by atoms with E-state index in [1.54, 1.807) is 0 Å². The summed E-state index contributed by atoms with van der Waals surface area (Å²) in [5.74, 6) is 0.878. The first-order valence-corrected chi connectivity index (χ1v) is 7.98. The van der Waals surface area contributed by atoms with Crippen molar-refractivity contribution in [1.29, 1.82) is 0 Å². The third kappa shape index (κ3) is 3.69. The van der Waals surface area contributed by atoms with Gasteiger partial charge >= 0.3 is 0 Å². The highest BCUT2D eigenvalue weighted by atomic mass is 16.5. The Balaban J connectivity index is 1.47. The molecule has 0 amide bonds. The fourth-order valence-corrected chi connectivity index (χ4v) is 3.44. The average molecular weight is 252 g/mol. The highest BCUT2D eigenvalue weighted by Gasteiger charge is 2.32. The second-order valence-electron chi connectivity index (χ2n) is 6.39. The maximum absolute atomic E-state index is 5.92. The van der Waals surface area contributed by atoms with Gasteiger partial charge in [0.15, 0.2) is 0 Å². The molecule has 3 fully saturated rings. The van der Waals surface area contributed by atoms with E-state index in [-0.39, 0.29) is 0 Å². The van der Waals surface area contributed by atoms with E-state index in [0.29, 0.717) is 6.10 Å². The smallest absolute Gasteiger partial charge is 0.0702 e. The number of hydrogen-bond donors (Lipinski definition) is 1. The van der Waals surface area contributed by atoms with E-state index < -0.39 is 0 Å². The van der Waals surface area contributed by atoms with Crippen molar-refractivity contribution < 1.29 is 4.74 Å². The topological polar surface area (TPSA) is 24.5 Å². The molecule has 0 aromatic rings. The first-order valence-electron chi connectivity index (χ1n) is 7.98. The van der Waals surface area contributed by atoms with Crippen molar-refractivity contribution in [2.24, 2.45) is 5.92 Å². The molecule has 3 heteroatoms. The van der Waals surface area contributed by atoms with Gasteiger partial charge in [0.1, 0.15) is 0 Å². The van der Waals surface area contributed by atoms with Crippen LogP contribution >= 0.6 is 0 Å². The molecule has 0 bridgehead atoms. The molecule has 104 valence electrons. The Morgan fingerprint density at radius 2 is 1.94 bits per heavy atom. The summed E-state index contributed by atoms with van der Waals surface area (Å²) < 4.78 is 5.92. The summed E-state index contributed by atoms with van der Waals surface area (Å²) in [5.41, 5.74) is 0. The molecule has 0 radical (unpaired) electrons. The van der Waals surface area contributed by atoms with Crippen LogP contribution in [0.2, 0.25) is 0 Å². The number of nitrogens with zero attached hydrogens (tertiary/aromatic N) is 1. The van der Waals surface area contributed by atoms with Gasteiger partial charge in [-0.2, -0.15) is 0 Å². The first kappa shape index (κ1) is 12.9. The number of nitrogens with one attached hydrogen (secondary N) is 1. The average Bonchev–Trinajstić information content (AvgIpc) is 3.25. The van der Waals surface area contributed by atoms with Crippen LogP contribution in [0.4, 0.5) is 0 Å². The summed E-state index contributed by atoms with van der Waals surface area (Å²) in [4.78, 5) is 2.74. The van der Waals surface area contributed by atoms with Crippen molar-refractivity contribution in [2.45, 2.75) is 57.1 Å². The van der Waals surface area contributed by atoms with Crippen LogP contribution in [-0.4, -0.2) is 49.8 Å². The van der Waals surface area contributed by atoms with Crippen LogP contribution in [0.15, 0.2) is 0 Å². The summed E-state index contributed by atoms with van der Waals surface area (Å²) in [6.45, 7) is 5.95. The molecule has 0 aromatic carbocycles. The van der Waals surface area contributed by atoms with Crippen molar-refractivity contribution in [2.75, 3.05) is 32.8 Å². The third-order valence-corrected chi connectivity index (χ3v) is 4.67. The first-order chi connectivity index (χ1) is 8.92. The van der Waals surface area contributed by atoms with Crippen LogP contribution < -0.4 is 5.32 Å². The zero-order valence-corrected chi connectivity index (χ0v) is 11.6. The van der Waals surface area contributed by atoms with Gasteiger partial charge < -0.3 is 10.1 Å². The van der Waals surface area contributed by atoms with Crippen molar-refractivity contribution in [3.8, 4) is 0 Å². The molecule has 1 aliphatic carbocycles. The highest BCUT2D eigenvalue weighted by molar-refractivity contribution is 4.88. The number of hydrogen-bond acceptors (Lipinski definition) is 3. The molecule has 2 unspecified atom stereocenters. The van der Waals surface area contributed by atoms with Gasteiger partial charge in [-0.15, -0.1) is 0 Å². The molecular formula is C15H28N2O. The Kier molecular flexibility index (Phi) is 4.55. The summed E-state index contributed by atoms with van der Waals surface area (Å²) >= 11 is 0. The second-order valence-corrected chi connectivity index (χ2v) is 6.39. The molecule has 0 aromatic heterocycles. The van der Waals surface area contributed by atoms with Crippen LogP contribution in [-0.2, 0) is 4.74 Å². The molecule has 1 saturated carbocycles. The molecule has 3 aliphatic rings. The van der Waals surface area contributed by atoms with E-state index >= 15 is 0 Å². The standard InChI is InChI=1S/C15H28N2O/c1-2-9-18-15(5-1)12-17(14-6-7-14)11-13-4-3-8-16-10-13/h13-16H,1-12H2. The lowest BCUT2D eigenvalue weighted by molar-refractivity contribution is -0.0104. The van der Waals surface area contributed by atoms with E-state index in [2.05, 4.69) is 10.2 Å². The fourth-order valence-electron chi connectivity index (χ4n) is 3.44. The molecule has 18 heavy (non-hydrogen) atoms. The van der Waals surface area contributed by atoms with Gasteiger partial charge in [-0.3, -0.25) is 4.90 Å². The minimum Gasteiger partial charge on any atom is -0.377 e. The highest BCUT2D eigenvalue weighted by Crippen LogP contribution is 2.29. The Labute approximate surface area is 111 Å². The molecule has 2 atom stereocenters. The monoisotopic (exact) mass is 252 g/mol. The normalized spacial score (nSPS) is 33.8. The van der Waals surface area contributed by atoms with Crippen molar-refractivity contribution in [3.63, 3.8) is 0 Å². The van der Waals surface area contributed by atoms with Gasteiger partial charge in [-0.25, -0.2) is 0 Å². The fraction of sp³-hybridized carbons (Fsp3) is 1.00. The molecular weight excluding hydrogens is 224 g/mol. The molecule has 2 heterocycles. The lowest BCUT2D eigenvalue weighted by Gasteiger charge is -2.33. The zero-order chi connectivity index (χ0) is 12.2. The zero-order valence-electron chi connectivity index (χ0n) is 11.6. The minimum atomic E-state index is 0.524. The van der Waals surface area contributed by atoms with Gasteiger partial charge in [0.2, 0.25) is 0 Å². The summed E-state index contributed by atoms with van der Waals surface area (Å²) in [7, 11) is 0. The maximum Gasteiger partial charge on any atom is 0.0702 e. The SMILES string of the molecule is C1CCC(CN(CC2CCCNC2)C2CC2)OC1. The van der Waals surface area contributed by atoms with Crippen molar-refractivity contribution in [1.82, 2.24) is 10.2 Å². The largest absolute Gasteiger partial charge is 0.377 e. The predicted octanol–water partition coefficient (Wildman–Crippen LogP) is 2.02. The van der Waals surface area contributed by atoms with Crippen LogP contribution in [0.25, 0.3) is 0 Å². The van der Waals surface area contributed by atoms with E-state index in [1.165, 1.54) is 71.1 Å². The van der Waals surface area contributed by atoms with E-state index in [4.69, 9.17) is 4.74 Å². The Bertz CT molecular complexity index is 223. The van der Waals surface area contributed by atoms with Gasteiger partial charge in [-0.05, 0) is 64.0 Å². The molecule has 3 rings (SSSR count). The van der Waals surface area contributed by atoms with Crippen molar-refractivity contribution >= 4 is 0 Å². The Morgan fingerprint density at radius 3 is 2.61 bits per heavy atom. The summed E-state index contributed by atoms with van der Waals surface area (Å²) in [6, 6.07) is 0.887. The quantitative estimate of drug-likeness (QED) is 0.810. The Morgan fingerprint density at radius 1 is 1.00 bits per heavy atom. The lowest BCUT2D eigenvalue weighted by atomic mass is 9.98. The van der Waals surface area contributed by atoms with E-state index in [9.17, 15) is 0 Å². The van der Waals surface area contributed by atoms with Gasteiger partial charge in [0.05, 0.1) is 6.10 Å². The minimum absolute atomic E-state index is 0.524. The van der Waals surface area contributed by atoms with E-state index in [0.717, 1.165) is 18.6 Å². The molecule has 3 nitrogen and oxygen atoms in total. The van der Waals surface area contributed by atoms with Gasteiger partial charge in [0, 0.05) is 25.7 Å². The molecule has 1 N–H and O–H groups in total. The maximum atomic E-state index is 5.92. The molecule has 2 saturated heterocycles. The predicted molar refractivity (Wildman–Crippen MR) is 73.8 cm³/mol. The number of piperidine rings is 1. The van der Waals surface area contributed by atoms with Crippen LogP contribution in [0.1, 0.15) is 44.9 Å². The van der Waals surface area contributed by atoms with Crippen molar-refractivity contribution in [3.05, 3.63) is 0 Å². The van der Waals surface area contributed by atoms with Gasteiger partial charge in [0.25, 0.3) is 0 Å². The Hall–Kier alpha value is -0.120. The molecule has 0 spiro atoms. The number of ether oxygens (including phenoxy) is 1. The summed E-state index contributed by atoms with van der Waals surface area (Å²) in [6.07, 6.45) is 10.1. The summed E-state index contributed by atoms with van der Waals surface area (Å²) in [5, 5.41) is 3.55. The van der Waals surface area contributed by atoms with Crippen LogP contribution in [0.5, 0.6) is 0 Å². The molecule has 2 aliphatic heterocycles. The van der Waals surface area contributed by atoms with Crippen LogP contribution in [0, 0.1) is 5.92 Å². The van der Waals surface area contributed by atoms with E-state index in [1.807, 2.05) is 0 Å². The second kappa shape index (κ2) is 6.36. The lowest BCUT2D eigenvalue weighted by Crippen LogP contribution is -2.43. The van der Waals surface area contributed by atoms with Gasteiger partial charge in [-0.1, -0.05) is 0 Å². The van der Waals surface area contributed by atoms with Crippen LogP contribution in [0.3, 0.4) is 0 Å². The number of rotatable bonds is 5.